The number of amides is 1. The Kier molecular flexibility index (Phi) is 4.65. The number of carbonyl (C=O) groups excluding carboxylic acids is 1. The maximum absolute atomic E-state index is 12.6. The molecule has 3 rings (SSSR count). The van der Waals surface area contributed by atoms with Gasteiger partial charge in [-0.05, 0) is 37.1 Å². The molecule has 0 atom stereocenters. The molecule has 1 aliphatic rings. The molecule has 9 heteroatoms. The summed E-state index contributed by atoms with van der Waals surface area (Å²) >= 11 is 0. The number of hydrazine groups is 1. The Morgan fingerprint density at radius 2 is 1.79 bits per heavy atom. The van der Waals surface area contributed by atoms with E-state index < -0.39 is 15.9 Å². The fourth-order valence-corrected chi connectivity index (χ4v) is 4.22. The molecule has 1 fully saturated rings. The van der Waals surface area contributed by atoms with Crippen molar-refractivity contribution in [2.45, 2.75) is 24.2 Å². The van der Waals surface area contributed by atoms with E-state index in [1.54, 1.807) is 28.8 Å². The molecule has 1 aliphatic heterocycles. The van der Waals surface area contributed by atoms with Crippen molar-refractivity contribution in [3.63, 3.8) is 0 Å². The van der Waals surface area contributed by atoms with Crippen molar-refractivity contribution in [1.29, 1.82) is 0 Å². The van der Waals surface area contributed by atoms with E-state index in [1.165, 1.54) is 16.8 Å². The van der Waals surface area contributed by atoms with Gasteiger partial charge in [-0.3, -0.25) is 10.2 Å². The summed E-state index contributed by atoms with van der Waals surface area (Å²) in [4.78, 5) is 15.6. The number of rotatable bonds is 4. The Bertz CT molecular complexity index is 823. The summed E-state index contributed by atoms with van der Waals surface area (Å²) in [6.07, 6.45) is 5.87. The van der Waals surface area contributed by atoms with Crippen LogP contribution in [0.5, 0.6) is 0 Å². The minimum atomic E-state index is -3.45. The number of imidazole rings is 1. The molecule has 1 saturated heterocycles. The van der Waals surface area contributed by atoms with Crippen molar-refractivity contribution in [1.82, 2.24) is 19.3 Å². The molecule has 2 aromatic rings. The van der Waals surface area contributed by atoms with Gasteiger partial charge in [-0.15, -0.1) is 0 Å². The minimum absolute atomic E-state index is 0.183. The molecule has 8 nitrogen and oxygen atoms in total. The van der Waals surface area contributed by atoms with Gasteiger partial charge in [-0.1, -0.05) is 6.42 Å². The second kappa shape index (κ2) is 6.71. The highest BCUT2D eigenvalue weighted by Gasteiger charge is 2.25. The number of sulfonamides is 1. The fourth-order valence-electron chi connectivity index (χ4n) is 2.70. The predicted molar refractivity (Wildman–Crippen MR) is 87.8 cm³/mol. The van der Waals surface area contributed by atoms with Crippen molar-refractivity contribution in [2.24, 2.45) is 5.84 Å². The number of carbonyl (C=O) groups is 1. The smallest absolute Gasteiger partial charge is 0.285 e. The molecular weight excluding hydrogens is 330 g/mol. The van der Waals surface area contributed by atoms with Gasteiger partial charge >= 0.3 is 0 Å². The van der Waals surface area contributed by atoms with Crippen molar-refractivity contribution >= 4 is 15.9 Å². The molecule has 1 aromatic carbocycles. The molecule has 1 amide bonds. The van der Waals surface area contributed by atoms with Gasteiger partial charge in [0.25, 0.3) is 5.91 Å². The highest BCUT2D eigenvalue weighted by Crippen LogP contribution is 2.21. The molecule has 0 saturated carbocycles. The number of nitrogens with zero attached hydrogens (tertiary/aromatic N) is 3. The number of aromatic nitrogens is 2. The predicted octanol–water partition coefficient (Wildman–Crippen LogP) is 0.650. The monoisotopic (exact) mass is 349 g/mol. The Morgan fingerprint density at radius 3 is 2.42 bits per heavy atom. The fraction of sp³-hybridized carbons (Fsp3) is 0.333. The zero-order valence-electron chi connectivity index (χ0n) is 13.1. The Labute approximate surface area is 140 Å². The normalized spacial score (nSPS) is 16.0. The van der Waals surface area contributed by atoms with Crippen LogP contribution < -0.4 is 11.3 Å². The summed E-state index contributed by atoms with van der Waals surface area (Å²) < 4.78 is 28.4. The van der Waals surface area contributed by atoms with E-state index in [0.29, 0.717) is 18.8 Å². The SMILES string of the molecule is NNC(=O)c1cn(-c2ccc(S(=O)(=O)N3CCCCC3)cc2)cn1. The van der Waals surface area contributed by atoms with Gasteiger partial charge in [-0.2, -0.15) is 4.31 Å². The van der Waals surface area contributed by atoms with Crippen LogP contribution in [-0.4, -0.2) is 41.3 Å². The molecule has 3 N–H and O–H groups in total. The summed E-state index contributed by atoms with van der Waals surface area (Å²) in [6.45, 7) is 1.15. The third-order valence-electron chi connectivity index (χ3n) is 4.03. The number of nitrogen functional groups attached to an aromatic ring is 1. The van der Waals surface area contributed by atoms with Crippen LogP contribution in [0, 0.1) is 0 Å². The maximum atomic E-state index is 12.6. The lowest BCUT2D eigenvalue weighted by Gasteiger charge is -2.25. The number of nitrogens with two attached hydrogens (primary N) is 1. The number of piperidine rings is 1. The van der Waals surface area contributed by atoms with Crippen LogP contribution in [0.2, 0.25) is 0 Å². The Balaban J connectivity index is 1.82. The third-order valence-corrected chi connectivity index (χ3v) is 5.95. The van der Waals surface area contributed by atoms with Crippen LogP contribution in [0.4, 0.5) is 0 Å². The number of hydrogen-bond acceptors (Lipinski definition) is 5. The summed E-state index contributed by atoms with van der Waals surface area (Å²) in [7, 11) is -3.45. The van der Waals surface area contributed by atoms with Crippen LogP contribution in [-0.2, 0) is 10.0 Å². The second-order valence-corrected chi connectivity index (χ2v) is 7.54. The van der Waals surface area contributed by atoms with Crippen LogP contribution in [0.15, 0.2) is 41.7 Å². The first kappa shape index (κ1) is 16.6. The highest BCUT2D eigenvalue weighted by atomic mass is 32.2. The number of nitrogens with one attached hydrogen (secondary N) is 1. The first-order valence-corrected chi connectivity index (χ1v) is 9.12. The van der Waals surface area contributed by atoms with Crippen molar-refractivity contribution in [3.8, 4) is 5.69 Å². The lowest BCUT2D eigenvalue weighted by molar-refractivity contribution is 0.0949. The van der Waals surface area contributed by atoms with Gasteiger partial charge in [0.1, 0.15) is 12.0 Å². The number of benzene rings is 1. The molecule has 0 aliphatic carbocycles. The van der Waals surface area contributed by atoms with Gasteiger partial charge in [-0.25, -0.2) is 19.2 Å². The van der Waals surface area contributed by atoms with E-state index in [2.05, 4.69) is 4.98 Å². The maximum Gasteiger partial charge on any atom is 0.285 e. The van der Waals surface area contributed by atoms with Crippen LogP contribution in [0.3, 0.4) is 0 Å². The summed E-state index contributed by atoms with van der Waals surface area (Å²) in [6, 6.07) is 6.51. The summed E-state index contributed by atoms with van der Waals surface area (Å²) in [5.41, 5.74) is 2.90. The summed E-state index contributed by atoms with van der Waals surface area (Å²) in [5.74, 6) is 4.58. The average molecular weight is 349 g/mol. The van der Waals surface area contributed by atoms with Crippen LogP contribution in [0.1, 0.15) is 29.8 Å². The zero-order chi connectivity index (χ0) is 17.2. The van der Waals surface area contributed by atoms with E-state index in [-0.39, 0.29) is 10.6 Å². The molecule has 0 unspecified atom stereocenters. The molecule has 0 spiro atoms. The quantitative estimate of drug-likeness (QED) is 0.478. The van der Waals surface area contributed by atoms with Gasteiger partial charge < -0.3 is 4.57 Å². The largest absolute Gasteiger partial charge is 0.305 e. The molecule has 2 heterocycles. The Morgan fingerprint density at radius 1 is 1.12 bits per heavy atom. The van der Waals surface area contributed by atoms with Crippen LogP contribution >= 0.6 is 0 Å². The average Bonchev–Trinajstić information content (AvgIpc) is 3.12. The molecule has 24 heavy (non-hydrogen) atoms. The van der Waals surface area contributed by atoms with E-state index in [9.17, 15) is 13.2 Å². The molecule has 0 radical (unpaired) electrons. The first-order chi connectivity index (χ1) is 11.5. The van der Waals surface area contributed by atoms with Gasteiger partial charge in [0.2, 0.25) is 10.0 Å². The third kappa shape index (κ3) is 3.18. The Hall–Kier alpha value is -2.23. The van der Waals surface area contributed by atoms with Crippen molar-refractivity contribution < 1.29 is 13.2 Å². The highest BCUT2D eigenvalue weighted by molar-refractivity contribution is 7.89. The summed E-state index contributed by atoms with van der Waals surface area (Å²) in [5, 5.41) is 0. The van der Waals surface area contributed by atoms with Crippen molar-refractivity contribution in [2.75, 3.05) is 13.1 Å². The number of hydrogen-bond donors (Lipinski definition) is 2. The van der Waals surface area contributed by atoms with Crippen molar-refractivity contribution in [3.05, 3.63) is 42.5 Å². The lowest BCUT2D eigenvalue weighted by Crippen LogP contribution is -2.35. The van der Waals surface area contributed by atoms with E-state index >= 15 is 0 Å². The molecule has 128 valence electrons. The van der Waals surface area contributed by atoms with Gasteiger partial charge in [0.05, 0.1) is 4.90 Å². The standard InChI is InChI=1S/C15H19N5O3S/c16-18-15(21)14-10-19(11-17-14)12-4-6-13(7-5-12)24(22,23)20-8-2-1-3-9-20/h4-7,10-11H,1-3,8-9,16H2,(H,18,21). The van der Waals surface area contributed by atoms with Crippen LogP contribution in [0.25, 0.3) is 5.69 Å². The van der Waals surface area contributed by atoms with Gasteiger partial charge in [0.15, 0.2) is 0 Å². The lowest BCUT2D eigenvalue weighted by atomic mass is 10.2. The topological polar surface area (TPSA) is 110 Å². The van der Waals surface area contributed by atoms with E-state index in [1.807, 2.05) is 5.43 Å². The zero-order valence-corrected chi connectivity index (χ0v) is 13.9. The molecule has 1 aromatic heterocycles. The first-order valence-electron chi connectivity index (χ1n) is 7.68. The van der Waals surface area contributed by atoms with Gasteiger partial charge in [0, 0.05) is 25.0 Å². The molecular formula is C15H19N5O3S. The molecule has 0 bridgehead atoms. The van der Waals surface area contributed by atoms with E-state index in [4.69, 9.17) is 5.84 Å². The second-order valence-electron chi connectivity index (χ2n) is 5.60. The minimum Gasteiger partial charge on any atom is -0.305 e. The van der Waals surface area contributed by atoms with E-state index in [0.717, 1.165) is 19.3 Å².